The molecule has 5 heteroatoms. The lowest BCUT2D eigenvalue weighted by atomic mass is 10.1. The molecule has 2 aromatic rings. The molecule has 0 aliphatic rings. The SMILES string of the molecule is COc1c(-c2ccc(OC(C)C)cc2)nc[nH]c1=O. The number of H-pyrrole nitrogens is 1. The molecule has 0 radical (unpaired) electrons. The molecule has 1 aromatic carbocycles. The van der Waals surface area contributed by atoms with Crippen molar-refractivity contribution in [3.05, 3.63) is 40.9 Å². The summed E-state index contributed by atoms with van der Waals surface area (Å²) in [6, 6.07) is 7.39. The fourth-order valence-electron chi connectivity index (χ4n) is 1.75. The Kier molecular flexibility index (Phi) is 3.85. The molecule has 0 saturated carbocycles. The Labute approximate surface area is 111 Å². The third kappa shape index (κ3) is 2.93. The van der Waals surface area contributed by atoms with Gasteiger partial charge in [0, 0.05) is 5.56 Å². The van der Waals surface area contributed by atoms with E-state index in [0.29, 0.717) is 5.69 Å². The number of nitrogens with zero attached hydrogens (tertiary/aromatic N) is 1. The van der Waals surface area contributed by atoms with Crippen molar-refractivity contribution in [1.29, 1.82) is 0 Å². The van der Waals surface area contributed by atoms with Gasteiger partial charge in [0.2, 0.25) is 5.75 Å². The van der Waals surface area contributed by atoms with Gasteiger partial charge in [0.05, 0.1) is 19.5 Å². The fraction of sp³-hybridized carbons (Fsp3) is 0.286. The molecule has 2 rings (SSSR count). The maximum atomic E-state index is 11.6. The molecule has 0 aliphatic heterocycles. The first kappa shape index (κ1) is 13.1. The normalized spacial score (nSPS) is 10.5. The quantitative estimate of drug-likeness (QED) is 0.915. The van der Waals surface area contributed by atoms with Gasteiger partial charge in [-0.3, -0.25) is 4.79 Å². The van der Waals surface area contributed by atoms with Gasteiger partial charge in [-0.2, -0.15) is 0 Å². The van der Waals surface area contributed by atoms with Crippen LogP contribution in [0.15, 0.2) is 35.4 Å². The second-order valence-electron chi connectivity index (χ2n) is 4.30. The minimum absolute atomic E-state index is 0.123. The first-order valence-corrected chi connectivity index (χ1v) is 6.00. The molecule has 0 fully saturated rings. The van der Waals surface area contributed by atoms with Crippen molar-refractivity contribution in [2.24, 2.45) is 0 Å². The first-order valence-electron chi connectivity index (χ1n) is 6.00. The Morgan fingerprint density at radius 2 is 1.89 bits per heavy atom. The predicted molar refractivity (Wildman–Crippen MR) is 72.6 cm³/mol. The van der Waals surface area contributed by atoms with Crippen LogP contribution in [0.1, 0.15) is 13.8 Å². The highest BCUT2D eigenvalue weighted by Gasteiger charge is 2.11. The van der Waals surface area contributed by atoms with Crippen molar-refractivity contribution < 1.29 is 9.47 Å². The van der Waals surface area contributed by atoms with Crippen molar-refractivity contribution in [3.8, 4) is 22.8 Å². The number of ether oxygens (including phenoxy) is 2. The van der Waals surface area contributed by atoms with Crippen LogP contribution >= 0.6 is 0 Å². The largest absolute Gasteiger partial charge is 0.491 e. The minimum atomic E-state index is -0.296. The number of aromatic nitrogens is 2. The second kappa shape index (κ2) is 5.56. The van der Waals surface area contributed by atoms with E-state index in [1.54, 1.807) is 0 Å². The maximum Gasteiger partial charge on any atom is 0.293 e. The lowest BCUT2D eigenvalue weighted by molar-refractivity contribution is 0.242. The van der Waals surface area contributed by atoms with E-state index < -0.39 is 0 Å². The molecule has 0 amide bonds. The molecule has 0 spiro atoms. The third-order valence-corrected chi connectivity index (χ3v) is 2.51. The molecule has 0 bridgehead atoms. The molecule has 1 N–H and O–H groups in total. The zero-order valence-electron chi connectivity index (χ0n) is 11.1. The van der Waals surface area contributed by atoms with Crippen LogP contribution in [-0.2, 0) is 0 Å². The highest BCUT2D eigenvalue weighted by atomic mass is 16.5. The van der Waals surface area contributed by atoms with E-state index >= 15 is 0 Å². The zero-order valence-corrected chi connectivity index (χ0v) is 11.1. The van der Waals surface area contributed by atoms with Gasteiger partial charge in [-0.05, 0) is 38.1 Å². The van der Waals surface area contributed by atoms with Gasteiger partial charge >= 0.3 is 0 Å². The van der Waals surface area contributed by atoms with Crippen LogP contribution < -0.4 is 15.0 Å². The molecule has 100 valence electrons. The summed E-state index contributed by atoms with van der Waals surface area (Å²) in [5.74, 6) is 0.989. The summed E-state index contributed by atoms with van der Waals surface area (Å²) in [4.78, 5) is 18.2. The van der Waals surface area contributed by atoms with Gasteiger partial charge in [-0.15, -0.1) is 0 Å². The van der Waals surface area contributed by atoms with Gasteiger partial charge in [0.15, 0.2) is 0 Å². The zero-order chi connectivity index (χ0) is 13.8. The number of hydrogen-bond acceptors (Lipinski definition) is 4. The predicted octanol–water partition coefficient (Wildman–Crippen LogP) is 2.23. The van der Waals surface area contributed by atoms with E-state index in [1.807, 2.05) is 38.1 Å². The second-order valence-corrected chi connectivity index (χ2v) is 4.30. The lowest BCUT2D eigenvalue weighted by Crippen LogP contribution is -2.11. The molecule has 1 heterocycles. The van der Waals surface area contributed by atoms with Crippen molar-refractivity contribution in [1.82, 2.24) is 9.97 Å². The third-order valence-electron chi connectivity index (χ3n) is 2.51. The summed E-state index contributed by atoms with van der Waals surface area (Å²) in [5, 5.41) is 0. The van der Waals surface area contributed by atoms with Gasteiger partial charge < -0.3 is 14.5 Å². The van der Waals surface area contributed by atoms with Gasteiger partial charge in [0.25, 0.3) is 5.56 Å². The number of methoxy groups -OCH3 is 1. The molecule has 1 aromatic heterocycles. The Balaban J connectivity index is 2.37. The topological polar surface area (TPSA) is 64.2 Å². The summed E-state index contributed by atoms with van der Waals surface area (Å²) in [6.07, 6.45) is 1.48. The summed E-state index contributed by atoms with van der Waals surface area (Å²) in [6.45, 7) is 3.93. The first-order chi connectivity index (χ1) is 9.11. The van der Waals surface area contributed by atoms with E-state index in [-0.39, 0.29) is 17.4 Å². The number of aromatic amines is 1. The van der Waals surface area contributed by atoms with Crippen molar-refractivity contribution >= 4 is 0 Å². The van der Waals surface area contributed by atoms with Crippen LogP contribution in [0.2, 0.25) is 0 Å². The van der Waals surface area contributed by atoms with Crippen LogP contribution in [0.5, 0.6) is 11.5 Å². The summed E-state index contributed by atoms with van der Waals surface area (Å²) in [5.41, 5.74) is 1.02. The highest BCUT2D eigenvalue weighted by molar-refractivity contribution is 5.65. The standard InChI is InChI=1S/C14H16N2O3/c1-9(2)19-11-6-4-10(5-7-11)12-13(18-3)14(17)16-8-15-12/h4-9H,1-3H3,(H,15,16,17). The van der Waals surface area contributed by atoms with Crippen LogP contribution in [0.3, 0.4) is 0 Å². The lowest BCUT2D eigenvalue weighted by Gasteiger charge is -2.10. The molecular weight excluding hydrogens is 244 g/mol. The van der Waals surface area contributed by atoms with Gasteiger partial charge in [0.1, 0.15) is 11.4 Å². The van der Waals surface area contributed by atoms with Crippen LogP contribution in [0, 0.1) is 0 Å². The monoisotopic (exact) mass is 260 g/mol. The summed E-state index contributed by atoms with van der Waals surface area (Å²) in [7, 11) is 1.45. The van der Waals surface area contributed by atoms with Gasteiger partial charge in [-0.25, -0.2) is 4.98 Å². The van der Waals surface area contributed by atoms with Crippen molar-refractivity contribution in [2.75, 3.05) is 7.11 Å². The van der Waals surface area contributed by atoms with Crippen LogP contribution in [0.4, 0.5) is 0 Å². The minimum Gasteiger partial charge on any atom is -0.491 e. The van der Waals surface area contributed by atoms with E-state index in [2.05, 4.69) is 9.97 Å². The highest BCUT2D eigenvalue weighted by Crippen LogP contribution is 2.25. The fourth-order valence-corrected chi connectivity index (χ4v) is 1.75. The van der Waals surface area contributed by atoms with E-state index in [1.165, 1.54) is 13.4 Å². The molecule has 19 heavy (non-hydrogen) atoms. The van der Waals surface area contributed by atoms with Crippen molar-refractivity contribution in [3.63, 3.8) is 0 Å². The molecule has 0 aliphatic carbocycles. The Morgan fingerprint density at radius 1 is 1.21 bits per heavy atom. The van der Waals surface area contributed by atoms with Crippen molar-refractivity contribution in [2.45, 2.75) is 20.0 Å². The summed E-state index contributed by atoms with van der Waals surface area (Å²) < 4.78 is 10.7. The number of nitrogens with one attached hydrogen (secondary N) is 1. The Morgan fingerprint density at radius 3 is 2.47 bits per heavy atom. The van der Waals surface area contributed by atoms with Crippen LogP contribution in [-0.4, -0.2) is 23.2 Å². The molecule has 0 saturated heterocycles. The average Bonchev–Trinajstić information content (AvgIpc) is 2.38. The Bertz CT molecular complexity index is 603. The molecule has 0 unspecified atom stereocenters. The van der Waals surface area contributed by atoms with Gasteiger partial charge in [-0.1, -0.05) is 0 Å². The molecular formula is C14H16N2O3. The van der Waals surface area contributed by atoms with E-state index in [9.17, 15) is 4.79 Å². The smallest absolute Gasteiger partial charge is 0.293 e. The Hall–Kier alpha value is -2.30. The van der Waals surface area contributed by atoms with E-state index in [0.717, 1.165) is 11.3 Å². The van der Waals surface area contributed by atoms with Crippen LogP contribution in [0.25, 0.3) is 11.3 Å². The molecule has 0 atom stereocenters. The number of benzene rings is 1. The van der Waals surface area contributed by atoms with E-state index in [4.69, 9.17) is 9.47 Å². The summed E-state index contributed by atoms with van der Waals surface area (Å²) >= 11 is 0. The maximum absolute atomic E-state index is 11.6. The molecule has 5 nitrogen and oxygen atoms in total. The average molecular weight is 260 g/mol. The number of rotatable bonds is 4. The number of hydrogen-bond donors (Lipinski definition) is 1.